The quantitative estimate of drug-likeness (QED) is 0.218. The second-order valence-electron chi connectivity index (χ2n) is 9.94. The Morgan fingerprint density at radius 3 is 2.44 bits per heavy atom. The summed E-state index contributed by atoms with van der Waals surface area (Å²) in [5, 5.41) is 15.2. The lowest BCUT2D eigenvalue weighted by Gasteiger charge is -2.42. The van der Waals surface area contributed by atoms with Gasteiger partial charge in [0.2, 0.25) is 5.96 Å². The van der Waals surface area contributed by atoms with Crippen molar-refractivity contribution in [2.45, 2.75) is 13.0 Å². The van der Waals surface area contributed by atoms with Crippen LogP contribution < -0.4 is 10.6 Å². The highest BCUT2D eigenvalue weighted by Crippen LogP contribution is 2.28. The smallest absolute Gasteiger partial charge is 0.322 e. The normalized spacial score (nSPS) is 17.5. The van der Waals surface area contributed by atoms with Crippen LogP contribution in [0.1, 0.15) is 27.5 Å². The molecule has 10 nitrogen and oxygen atoms in total. The van der Waals surface area contributed by atoms with Gasteiger partial charge in [0.1, 0.15) is 0 Å². The maximum absolute atomic E-state index is 13.7. The Kier molecular flexibility index (Phi) is 8.76. The third-order valence-electron chi connectivity index (χ3n) is 7.29. The van der Waals surface area contributed by atoms with Crippen LogP contribution in [0.15, 0.2) is 83.9 Å². The molecule has 3 aromatic carbocycles. The van der Waals surface area contributed by atoms with E-state index < -0.39 is 0 Å². The lowest BCUT2D eigenvalue weighted by molar-refractivity contribution is 0.0303. The Morgan fingerprint density at radius 1 is 0.927 bits per heavy atom. The van der Waals surface area contributed by atoms with Gasteiger partial charge in [-0.15, -0.1) is 0 Å². The molecule has 0 bridgehead atoms. The Morgan fingerprint density at radius 2 is 1.68 bits per heavy atom. The van der Waals surface area contributed by atoms with E-state index in [0.29, 0.717) is 63.1 Å². The molecule has 2 heterocycles. The van der Waals surface area contributed by atoms with Crippen molar-refractivity contribution in [3.05, 3.63) is 95.6 Å². The van der Waals surface area contributed by atoms with Crippen LogP contribution in [0.2, 0.25) is 0 Å². The van der Waals surface area contributed by atoms with Crippen LogP contribution in [0.4, 0.5) is 16.2 Å². The van der Waals surface area contributed by atoms with E-state index in [1.54, 1.807) is 34.1 Å². The molecular weight excluding hydrogens is 518 g/mol. The van der Waals surface area contributed by atoms with Crippen molar-refractivity contribution >= 4 is 29.3 Å². The Hall–Kier alpha value is -4.88. The zero-order chi connectivity index (χ0) is 28.6. The van der Waals surface area contributed by atoms with Crippen molar-refractivity contribution < 1.29 is 14.3 Å². The van der Waals surface area contributed by atoms with Crippen LogP contribution in [0.3, 0.4) is 0 Å². The van der Waals surface area contributed by atoms with Crippen molar-refractivity contribution in [2.75, 3.05) is 51.3 Å². The number of morpholine rings is 1. The molecule has 3 aromatic rings. The minimum Gasteiger partial charge on any atom is -0.378 e. The molecule has 1 atom stereocenters. The van der Waals surface area contributed by atoms with E-state index in [1.165, 1.54) is 0 Å². The maximum Gasteiger partial charge on any atom is 0.322 e. The van der Waals surface area contributed by atoms with Crippen LogP contribution in [0, 0.1) is 18.4 Å². The van der Waals surface area contributed by atoms with E-state index in [2.05, 4.69) is 10.6 Å². The van der Waals surface area contributed by atoms with Gasteiger partial charge in [0.05, 0.1) is 24.9 Å². The standard InChI is InChI=1S/C31H33N7O3/c1-23-8-5-6-13-27(23)35-30(33-22-32)37-14-15-38(28(21-37)24-9-3-2-4-10-24)31(40)34-26-12-7-11-25(20-26)29(39)36-16-18-41-19-17-36/h2-13,20,28H,14-19,21H2,1H3,(H,33,35)(H,34,40). The molecular formula is C31H33N7O3. The molecule has 3 amide bonds. The van der Waals surface area contributed by atoms with E-state index >= 15 is 0 Å². The number of urea groups is 1. The molecule has 0 aliphatic carbocycles. The van der Waals surface area contributed by atoms with E-state index in [1.807, 2.05) is 72.6 Å². The molecule has 0 aromatic heterocycles. The van der Waals surface area contributed by atoms with Gasteiger partial charge >= 0.3 is 6.03 Å². The van der Waals surface area contributed by atoms with Gasteiger partial charge in [0, 0.05) is 44.0 Å². The summed E-state index contributed by atoms with van der Waals surface area (Å²) in [6, 6.07) is 24.0. The first kappa shape index (κ1) is 27.7. The molecule has 2 fully saturated rings. The molecule has 2 saturated heterocycles. The fourth-order valence-electron chi connectivity index (χ4n) is 5.08. The van der Waals surface area contributed by atoms with Crippen molar-refractivity contribution in [3.8, 4) is 6.19 Å². The number of hydrogen-bond acceptors (Lipinski definition) is 5. The fraction of sp³-hybridized carbons (Fsp3) is 0.290. The third kappa shape index (κ3) is 6.65. The summed E-state index contributed by atoms with van der Waals surface area (Å²) >= 11 is 0. The molecule has 0 saturated carbocycles. The maximum atomic E-state index is 13.7. The van der Waals surface area contributed by atoms with Gasteiger partial charge in [-0.2, -0.15) is 5.26 Å². The predicted octanol–water partition coefficient (Wildman–Crippen LogP) is 4.12. The predicted molar refractivity (Wildman–Crippen MR) is 157 cm³/mol. The number of nitrogens with one attached hydrogen (secondary N) is 2. The molecule has 5 rings (SSSR count). The van der Waals surface area contributed by atoms with Crippen molar-refractivity contribution in [1.82, 2.24) is 20.0 Å². The molecule has 2 N–H and O–H groups in total. The largest absolute Gasteiger partial charge is 0.378 e. The SMILES string of the molecule is Cc1ccccc1N=C(NC#N)N1CCN(C(=O)Nc2cccc(C(=O)N3CCOCC3)c2)C(c2ccccc2)C1. The van der Waals surface area contributed by atoms with Crippen LogP contribution in [0.25, 0.3) is 0 Å². The number of carbonyl (C=O) groups excluding carboxylic acids is 2. The highest BCUT2D eigenvalue weighted by atomic mass is 16.5. The molecule has 1 unspecified atom stereocenters. The van der Waals surface area contributed by atoms with E-state index in [4.69, 9.17) is 9.73 Å². The number of hydrogen-bond donors (Lipinski definition) is 2. The van der Waals surface area contributed by atoms with Crippen LogP contribution in [-0.2, 0) is 4.74 Å². The number of ether oxygens (including phenoxy) is 1. The van der Waals surface area contributed by atoms with E-state index in [0.717, 1.165) is 16.8 Å². The molecule has 10 heteroatoms. The van der Waals surface area contributed by atoms with Gasteiger partial charge in [-0.25, -0.2) is 9.79 Å². The molecule has 0 radical (unpaired) electrons. The number of para-hydroxylation sites is 1. The van der Waals surface area contributed by atoms with Gasteiger partial charge in [-0.05, 0) is 42.3 Å². The Balaban J connectivity index is 1.36. The second-order valence-corrected chi connectivity index (χ2v) is 9.94. The lowest BCUT2D eigenvalue weighted by atomic mass is 10.0. The summed E-state index contributed by atoms with van der Waals surface area (Å²) in [5.41, 5.74) is 3.81. The topological polar surface area (TPSA) is 113 Å². The number of aryl methyl sites for hydroxylation is 1. The average Bonchev–Trinajstić information content (AvgIpc) is 3.02. The van der Waals surface area contributed by atoms with Crippen molar-refractivity contribution in [2.24, 2.45) is 4.99 Å². The van der Waals surface area contributed by atoms with Gasteiger partial charge in [0.25, 0.3) is 5.91 Å². The first-order chi connectivity index (χ1) is 20.0. The molecule has 0 spiro atoms. The van der Waals surface area contributed by atoms with Crippen molar-refractivity contribution in [3.63, 3.8) is 0 Å². The Bertz CT molecular complexity index is 1450. The first-order valence-corrected chi connectivity index (χ1v) is 13.7. The van der Waals surface area contributed by atoms with Crippen LogP contribution in [-0.4, -0.2) is 78.5 Å². The highest BCUT2D eigenvalue weighted by Gasteiger charge is 2.33. The summed E-state index contributed by atoms with van der Waals surface area (Å²) in [4.78, 5) is 36.9. The molecule has 210 valence electrons. The zero-order valence-corrected chi connectivity index (χ0v) is 23.0. The number of nitriles is 1. The van der Waals surface area contributed by atoms with E-state index in [9.17, 15) is 14.9 Å². The van der Waals surface area contributed by atoms with Gasteiger partial charge in [-0.3, -0.25) is 10.1 Å². The summed E-state index contributed by atoms with van der Waals surface area (Å²) in [6.45, 7) is 5.44. The first-order valence-electron chi connectivity index (χ1n) is 13.7. The Labute approximate surface area is 239 Å². The second kappa shape index (κ2) is 13.0. The molecule has 2 aliphatic heterocycles. The van der Waals surface area contributed by atoms with E-state index in [-0.39, 0.29) is 18.0 Å². The number of piperazine rings is 1. The molecule has 2 aliphatic rings. The van der Waals surface area contributed by atoms with Crippen molar-refractivity contribution in [1.29, 1.82) is 5.26 Å². The lowest BCUT2D eigenvalue weighted by Crippen LogP contribution is -2.55. The minimum absolute atomic E-state index is 0.0781. The summed E-state index contributed by atoms with van der Waals surface area (Å²) in [7, 11) is 0. The number of anilines is 1. The number of benzene rings is 3. The number of nitrogens with zero attached hydrogens (tertiary/aromatic N) is 5. The highest BCUT2D eigenvalue weighted by molar-refractivity contribution is 5.97. The zero-order valence-electron chi connectivity index (χ0n) is 23.0. The van der Waals surface area contributed by atoms with Gasteiger partial charge < -0.3 is 24.8 Å². The van der Waals surface area contributed by atoms with Crippen LogP contribution >= 0.6 is 0 Å². The average molecular weight is 552 g/mol. The van der Waals surface area contributed by atoms with Crippen LogP contribution in [0.5, 0.6) is 0 Å². The number of guanidine groups is 1. The number of rotatable bonds is 4. The molecule has 41 heavy (non-hydrogen) atoms. The fourth-order valence-corrected chi connectivity index (χ4v) is 5.08. The van der Waals surface area contributed by atoms with Gasteiger partial charge in [0.15, 0.2) is 6.19 Å². The number of amides is 3. The minimum atomic E-state index is -0.300. The third-order valence-corrected chi connectivity index (χ3v) is 7.29. The summed E-state index contributed by atoms with van der Waals surface area (Å²) in [5.74, 6) is 0.364. The summed E-state index contributed by atoms with van der Waals surface area (Å²) in [6.07, 6.45) is 2.01. The monoisotopic (exact) mass is 551 g/mol. The number of aliphatic imine (C=N–C) groups is 1. The number of carbonyl (C=O) groups is 2. The summed E-state index contributed by atoms with van der Waals surface area (Å²) < 4.78 is 5.36. The van der Waals surface area contributed by atoms with Gasteiger partial charge in [-0.1, -0.05) is 54.6 Å².